The van der Waals surface area contributed by atoms with Crippen LogP contribution in [-0.2, 0) is 9.53 Å². The molecule has 2 amide bonds. The van der Waals surface area contributed by atoms with Gasteiger partial charge in [0.25, 0.3) is 0 Å². The molecule has 3 N–H and O–H groups in total. The lowest BCUT2D eigenvalue weighted by Crippen LogP contribution is -2.50. The average Bonchev–Trinajstić information content (AvgIpc) is 2.86. The van der Waals surface area contributed by atoms with Crippen molar-refractivity contribution in [2.45, 2.75) is 58.2 Å². The molecule has 0 radical (unpaired) electrons. The highest BCUT2D eigenvalue weighted by molar-refractivity contribution is 5.99. The van der Waals surface area contributed by atoms with Gasteiger partial charge in [0, 0.05) is 12.5 Å². The number of benzene rings is 1. The molecule has 3 atom stereocenters. The summed E-state index contributed by atoms with van der Waals surface area (Å²) in [4.78, 5) is 26.3. The molecule has 0 aliphatic carbocycles. The monoisotopic (exact) mass is 333 g/mol. The lowest BCUT2D eigenvalue weighted by atomic mass is 10.0. The van der Waals surface area contributed by atoms with Gasteiger partial charge in [0.05, 0.1) is 11.7 Å². The van der Waals surface area contributed by atoms with E-state index in [1.807, 2.05) is 38.1 Å². The van der Waals surface area contributed by atoms with Gasteiger partial charge in [-0.25, -0.2) is 4.79 Å². The molecule has 1 aliphatic rings. The fourth-order valence-corrected chi connectivity index (χ4v) is 2.88. The summed E-state index contributed by atoms with van der Waals surface area (Å²) in [7, 11) is 0. The third-order valence-corrected chi connectivity index (χ3v) is 4.39. The zero-order chi connectivity index (χ0) is 17.7. The predicted molar refractivity (Wildman–Crippen MR) is 93.8 cm³/mol. The van der Waals surface area contributed by atoms with E-state index >= 15 is 0 Å². The topological polar surface area (TPSA) is 84.7 Å². The summed E-state index contributed by atoms with van der Waals surface area (Å²) in [5.41, 5.74) is 7.70. The van der Waals surface area contributed by atoms with Crippen molar-refractivity contribution in [3.63, 3.8) is 0 Å². The predicted octanol–water partition coefficient (Wildman–Crippen LogP) is 2.73. The van der Waals surface area contributed by atoms with Crippen LogP contribution >= 0.6 is 0 Å². The third-order valence-electron chi connectivity index (χ3n) is 4.39. The van der Waals surface area contributed by atoms with Crippen LogP contribution in [0.4, 0.5) is 10.5 Å². The van der Waals surface area contributed by atoms with E-state index in [0.29, 0.717) is 13.0 Å². The lowest BCUT2D eigenvalue weighted by Gasteiger charge is -2.29. The first-order chi connectivity index (χ1) is 11.5. The third kappa shape index (κ3) is 3.70. The number of carbonyl (C=O) groups is 2. The van der Waals surface area contributed by atoms with E-state index in [4.69, 9.17) is 10.5 Å². The molecule has 6 heteroatoms. The van der Waals surface area contributed by atoms with E-state index in [2.05, 4.69) is 12.2 Å². The fourth-order valence-electron chi connectivity index (χ4n) is 2.88. The maximum Gasteiger partial charge on any atom is 0.409 e. The van der Waals surface area contributed by atoms with Crippen molar-refractivity contribution in [3.05, 3.63) is 29.8 Å². The molecule has 2 rings (SSSR count). The summed E-state index contributed by atoms with van der Waals surface area (Å²) in [5.74, 6) is -0.327. The molecule has 1 aliphatic heterocycles. The first-order valence-electron chi connectivity index (χ1n) is 8.63. The summed E-state index contributed by atoms with van der Waals surface area (Å²) in [6, 6.07) is 6.99. The van der Waals surface area contributed by atoms with Gasteiger partial charge in [0.1, 0.15) is 0 Å². The fraction of sp³-hybridized carbons (Fsp3) is 0.556. The Morgan fingerprint density at radius 3 is 2.71 bits per heavy atom. The first-order valence-corrected chi connectivity index (χ1v) is 8.63. The molecule has 0 bridgehead atoms. The molecule has 0 saturated heterocycles. The van der Waals surface area contributed by atoms with Crippen molar-refractivity contribution < 1.29 is 14.3 Å². The molecule has 0 fully saturated rings. The number of para-hydroxylation sites is 1. The second-order valence-corrected chi connectivity index (χ2v) is 6.15. The summed E-state index contributed by atoms with van der Waals surface area (Å²) in [5, 5.41) is 2.73. The van der Waals surface area contributed by atoms with E-state index < -0.39 is 18.4 Å². The van der Waals surface area contributed by atoms with Gasteiger partial charge in [-0.05, 0) is 24.5 Å². The molecule has 132 valence electrons. The summed E-state index contributed by atoms with van der Waals surface area (Å²) < 4.78 is 5.58. The highest BCUT2D eigenvalue weighted by Gasteiger charge is 2.42. The van der Waals surface area contributed by atoms with Crippen LogP contribution in [-0.4, -0.2) is 30.8 Å². The second kappa shape index (κ2) is 8.15. The molecule has 1 aromatic carbocycles. The molecule has 0 saturated carbocycles. The zero-order valence-electron chi connectivity index (χ0n) is 14.6. The van der Waals surface area contributed by atoms with Crippen LogP contribution in [0.3, 0.4) is 0 Å². The number of unbranched alkanes of at least 4 members (excludes halogenated alkanes) is 1. The molecule has 6 nitrogen and oxygen atoms in total. The Bertz CT molecular complexity index is 591. The quantitative estimate of drug-likeness (QED) is 0.784. The number of carbonyl (C=O) groups excluding carboxylic acids is 2. The van der Waals surface area contributed by atoms with Crippen LogP contribution < -0.4 is 16.0 Å². The van der Waals surface area contributed by atoms with Crippen molar-refractivity contribution in [1.82, 2.24) is 5.32 Å². The van der Waals surface area contributed by atoms with Crippen molar-refractivity contribution in [2.24, 2.45) is 5.73 Å². The Balaban J connectivity index is 2.21. The number of amides is 2. The Labute approximate surface area is 143 Å². The average molecular weight is 333 g/mol. The number of hydrogen-bond donors (Lipinski definition) is 2. The molecule has 24 heavy (non-hydrogen) atoms. The minimum atomic E-state index is -0.672. The molecule has 0 aromatic heterocycles. The number of hydrogen-bond acceptors (Lipinski definition) is 4. The van der Waals surface area contributed by atoms with Gasteiger partial charge < -0.3 is 15.8 Å². The molecule has 1 aromatic rings. The van der Waals surface area contributed by atoms with E-state index in [0.717, 1.165) is 24.1 Å². The van der Waals surface area contributed by atoms with E-state index in [-0.39, 0.29) is 11.8 Å². The number of anilines is 1. The largest absolute Gasteiger partial charge is 0.424 e. The van der Waals surface area contributed by atoms with Crippen LogP contribution in [0.15, 0.2) is 24.3 Å². The number of fused-ring (bicyclic) bond motifs is 1. The number of alkyl carbamates (subject to hydrolysis) is 1. The van der Waals surface area contributed by atoms with Crippen molar-refractivity contribution >= 4 is 17.7 Å². The van der Waals surface area contributed by atoms with Crippen LogP contribution in [0, 0.1) is 0 Å². The van der Waals surface area contributed by atoms with Gasteiger partial charge in [-0.3, -0.25) is 9.69 Å². The lowest BCUT2D eigenvalue weighted by molar-refractivity contribution is -0.121. The van der Waals surface area contributed by atoms with E-state index in [1.54, 1.807) is 0 Å². The normalized spacial score (nSPS) is 20.4. The van der Waals surface area contributed by atoms with Gasteiger partial charge in [-0.1, -0.05) is 45.4 Å². The van der Waals surface area contributed by atoms with Crippen LogP contribution in [0.1, 0.15) is 51.5 Å². The Hall–Kier alpha value is -2.08. The summed E-state index contributed by atoms with van der Waals surface area (Å²) >= 11 is 0. The van der Waals surface area contributed by atoms with Gasteiger partial charge in [-0.15, -0.1) is 0 Å². The smallest absolute Gasteiger partial charge is 0.409 e. The van der Waals surface area contributed by atoms with Gasteiger partial charge in [0.15, 0.2) is 6.23 Å². The van der Waals surface area contributed by atoms with Gasteiger partial charge >= 0.3 is 6.09 Å². The highest BCUT2D eigenvalue weighted by Crippen LogP contribution is 2.41. The minimum absolute atomic E-state index is 0.105. The molecule has 0 unspecified atom stereocenters. The molecule has 0 spiro atoms. The van der Waals surface area contributed by atoms with E-state index in [1.165, 1.54) is 4.90 Å². The Kier molecular flexibility index (Phi) is 6.20. The van der Waals surface area contributed by atoms with Crippen LogP contribution in [0.25, 0.3) is 0 Å². The molecular formula is C18H27N3O3. The molecule has 1 heterocycles. The summed E-state index contributed by atoms with van der Waals surface area (Å²) in [6.45, 7) is 6.43. The maximum absolute atomic E-state index is 12.7. The number of nitrogens with two attached hydrogens (primary N) is 1. The SMILES string of the molecule is CCCCNC(=O)O[C@@H]1[C@@H](C)c2ccccc2N1C(=O)[C@@H](N)CC. The number of rotatable bonds is 6. The number of nitrogens with one attached hydrogen (secondary N) is 1. The van der Waals surface area contributed by atoms with Crippen LogP contribution in [0.2, 0.25) is 0 Å². The number of ether oxygens (including phenoxy) is 1. The Morgan fingerprint density at radius 2 is 2.04 bits per heavy atom. The molecular weight excluding hydrogens is 306 g/mol. The van der Waals surface area contributed by atoms with E-state index in [9.17, 15) is 9.59 Å². The summed E-state index contributed by atoms with van der Waals surface area (Å²) in [6.07, 6.45) is 1.23. The van der Waals surface area contributed by atoms with Crippen LogP contribution in [0.5, 0.6) is 0 Å². The van der Waals surface area contributed by atoms with Crippen molar-refractivity contribution in [3.8, 4) is 0 Å². The Morgan fingerprint density at radius 1 is 1.33 bits per heavy atom. The standard InChI is InChI=1S/C18H27N3O3/c1-4-6-11-20-18(23)24-17-12(3)13-9-7-8-10-15(13)21(17)16(22)14(19)5-2/h7-10,12,14,17H,4-6,11,19H2,1-3H3,(H,20,23)/t12-,14-,17+/m0/s1. The van der Waals surface area contributed by atoms with Gasteiger partial charge in [-0.2, -0.15) is 0 Å². The van der Waals surface area contributed by atoms with Crippen molar-refractivity contribution in [2.75, 3.05) is 11.4 Å². The van der Waals surface area contributed by atoms with Gasteiger partial charge in [0.2, 0.25) is 5.91 Å². The highest BCUT2D eigenvalue weighted by atomic mass is 16.6. The minimum Gasteiger partial charge on any atom is -0.424 e. The second-order valence-electron chi connectivity index (χ2n) is 6.15. The number of nitrogens with zero attached hydrogens (tertiary/aromatic N) is 1. The zero-order valence-corrected chi connectivity index (χ0v) is 14.6. The first kappa shape index (κ1) is 18.3. The van der Waals surface area contributed by atoms with Crippen molar-refractivity contribution in [1.29, 1.82) is 0 Å². The maximum atomic E-state index is 12.7.